The van der Waals surface area contributed by atoms with Crippen molar-refractivity contribution in [2.75, 3.05) is 0 Å². The number of primary amides is 1. The maximum atomic E-state index is 11.1. The van der Waals surface area contributed by atoms with Gasteiger partial charge in [-0.15, -0.1) is 0 Å². The zero-order valence-corrected chi connectivity index (χ0v) is 8.94. The van der Waals surface area contributed by atoms with E-state index in [1.54, 1.807) is 0 Å². The molecule has 0 aromatic carbocycles. The van der Waals surface area contributed by atoms with E-state index in [-0.39, 0.29) is 5.41 Å². The zero-order valence-electron chi connectivity index (χ0n) is 7.35. The monoisotopic (exact) mass is 236 g/mol. The third-order valence-electron chi connectivity index (χ3n) is 1.24. The zero-order chi connectivity index (χ0) is 9.94. The van der Waals surface area contributed by atoms with E-state index in [1.807, 2.05) is 26.1 Å². The molecule has 0 saturated carbocycles. The molecule has 0 fully saturated rings. The number of hydrogen-bond donors (Lipinski definition) is 2. The third kappa shape index (κ3) is 3.71. The van der Waals surface area contributed by atoms with Gasteiger partial charge in [-0.3, -0.25) is 10.1 Å². The number of rotatable bonds is 1. The predicted molar refractivity (Wildman–Crippen MR) is 49.9 cm³/mol. The number of halogens is 1. The Morgan fingerprint density at radius 3 is 2.08 bits per heavy atom. The van der Waals surface area contributed by atoms with Crippen molar-refractivity contribution in [2.24, 2.45) is 11.1 Å². The Balaban J connectivity index is 4.21. The maximum Gasteiger partial charge on any atom is 0.318 e. The first-order valence-corrected chi connectivity index (χ1v) is 4.41. The molecule has 0 saturated heterocycles. The first-order valence-electron chi connectivity index (χ1n) is 3.49. The summed E-state index contributed by atoms with van der Waals surface area (Å²) in [4.78, 5) is 21.0. The molecule has 0 spiro atoms. The summed E-state index contributed by atoms with van der Waals surface area (Å²) in [5.41, 5.74) is 4.55. The largest absolute Gasteiger partial charge is 0.351 e. The van der Waals surface area contributed by atoms with Gasteiger partial charge in [0.25, 0.3) is 0 Å². The van der Waals surface area contributed by atoms with E-state index in [0.717, 1.165) is 0 Å². The van der Waals surface area contributed by atoms with Crippen LogP contribution in [0.5, 0.6) is 0 Å². The summed E-state index contributed by atoms with van der Waals surface area (Å²) in [5, 5.41) is 2.00. The van der Waals surface area contributed by atoms with Crippen LogP contribution in [0.2, 0.25) is 0 Å². The summed E-state index contributed by atoms with van der Waals surface area (Å²) in [6.45, 7) is 5.65. The lowest BCUT2D eigenvalue weighted by Crippen LogP contribution is -2.43. The Morgan fingerprint density at radius 1 is 1.42 bits per heavy atom. The molecule has 0 radical (unpaired) electrons. The van der Waals surface area contributed by atoms with Crippen molar-refractivity contribution in [2.45, 2.75) is 25.6 Å². The van der Waals surface area contributed by atoms with Crippen LogP contribution >= 0.6 is 15.9 Å². The van der Waals surface area contributed by atoms with Crippen molar-refractivity contribution in [3.8, 4) is 0 Å². The van der Waals surface area contributed by atoms with Crippen LogP contribution in [0.4, 0.5) is 4.79 Å². The van der Waals surface area contributed by atoms with Crippen LogP contribution in [0.15, 0.2) is 0 Å². The van der Waals surface area contributed by atoms with Crippen molar-refractivity contribution in [3.05, 3.63) is 0 Å². The average molecular weight is 237 g/mol. The Labute approximate surface area is 80.0 Å². The molecule has 0 aromatic rings. The van der Waals surface area contributed by atoms with E-state index in [2.05, 4.69) is 15.9 Å². The van der Waals surface area contributed by atoms with Crippen LogP contribution in [0.25, 0.3) is 0 Å². The second-order valence-corrected chi connectivity index (χ2v) is 4.50. The lowest BCUT2D eigenvalue weighted by Gasteiger charge is -2.23. The van der Waals surface area contributed by atoms with E-state index in [0.29, 0.717) is 0 Å². The maximum absolute atomic E-state index is 11.1. The molecule has 3 N–H and O–H groups in total. The van der Waals surface area contributed by atoms with Crippen molar-refractivity contribution >= 4 is 27.9 Å². The topological polar surface area (TPSA) is 72.2 Å². The Kier molecular flexibility index (Phi) is 3.70. The minimum absolute atomic E-state index is 0.237. The van der Waals surface area contributed by atoms with Gasteiger partial charge in [-0.25, -0.2) is 4.79 Å². The molecule has 4 nitrogen and oxygen atoms in total. The standard InChI is InChI=1S/C7H13BrN2O2/c1-7(2,3)4(8)5(11)10-6(9)12/h4H,1-3H3,(H3,9,10,11,12)/t4-/m0/s1. The number of urea groups is 1. The second kappa shape index (κ2) is 3.89. The van der Waals surface area contributed by atoms with Crippen molar-refractivity contribution < 1.29 is 9.59 Å². The summed E-state index contributed by atoms with van der Waals surface area (Å²) < 4.78 is 0. The van der Waals surface area contributed by atoms with Crippen molar-refractivity contribution in [1.82, 2.24) is 5.32 Å². The van der Waals surface area contributed by atoms with Gasteiger partial charge < -0.3 is 5.73 Å². The fourth-order valence-corrected chi connectivity index (χ4v) is 0.693. The molecule has 0 aromatic heterocycles. The molecule has 0 heterocycles. The lowest BCUT2D eigenvalue weighted by molar-refractivity contribution is -0.120. The molecule has 70 valence electrons. The highest BCUT2D eigenvalue weighted by Crippen LogP contribution is 2.25. The molecule has 3 amide bonds. The molecule has 12 heavy (non-hydrogen) atoms. The number of carbonyl (C=O) groups excluding carboxylic acids is 2. The molecule has 0 rings (SSSR count). The Bertz CT molecular complexity index is 198. The quantitative estimate of drug-likeness (QED) is 0.667. The minimum Gasteiger partial charge on any atom is -0.351 e. The molecule has 0 aliphatic heterocycles. The molecular weight excluding hydrogens is 224 g/mol. The van der Waals surface area contributed by atoms with Gasteiger partial charge in [0, 0.05) is 0 Å². The summed E-state index contributed by atoms with van der Waals surface area (Å²) >= 11 is 3.17. The van der Waals surface area contributed by atoms with Gasteiger partial charge >= 0.3 is 6.03 Å². The van der Waals surface area contributed by atoms with E-state index in [9.17, 15) is 9.59 Å². The fraction of sp³-hybridized carbons (Fsp3) is 0.714. The first-order chi connectivity index (χ1) is 5.25. The van der Waals surface area contributed by atoms with Crippen molar-refractivity contribution in [3.63, 3.8) is 0 Å². The predicted octanol–water partition coefficient (Wildman–Crippen LogP) is 0.991. The van der Waals surface area contributed by atoms with E-state index >= 15 is 0 Å². The summed E-state index contributed by atoms with van der Waals surface area (Å²) in [7, 11) is 0. The minimum atomic E-state index is -0.825. The lowest BCUT2D eigenvalue weighted by atomic mass is 9.92. The van der Waals surface area contributed by atoms with Gasteiger partial charge in [-0.1, -0.05) is 36.7 Å². The summed E-state index contributed by atoms with van der Waals surface area (Å²) in [6.07, 6.45) is 0. The van der Waals surface area contributed by atoms with Crippen LogP contribution in [0.3, 0.4) is 0 Å². The second-order valence-electron chi connectivity index (χ2n) is 3.58. The Hall–Kier alpha value is -0.580. The fourth-order valence-electron chi connectivity index (χ4n) is 0.578. The molecule has 5 heteroatoms. The molecular formula is C7H13BrN2O2. The number of nitrogens with two attached hydrogens (primary N) is 1. The SMILES string of the molecule is CC(C)(C)[C@@H](Br)C(=O)NC(N)=O. The number of imide groups is 1. The highest BCUT2D eigenvalue weighted by molar-refractivity contribution is 9.10. The first kappa shape index (κ1) is 11.4. The number of hydrogen-bond acceptors (Lipinski definition) is 2. The third-order valence-corrected chi connectivity index (χ3v) is 3.03. The molecule has 0 aliphatic carbocycles. The number of nitrogens with one attached hydrogen (secondary N) is 1. The summed E-state index contributed by atoms with van der Waals surface area (Å²) in [5.74, 6) is -0.407. The average Bonchev–Trinajstić information content (AvgIpc) is 1.82. The highest BCUT2D eigenvalue weighted by atomic mass is 79.9. The van der Waals surface area contributed by atoms with Crippen LogP contribution < -0.4 is 11.1 Å². The van der Waals surface area contributed by atoms with Crippen LogP contribution in [-0.2, 0) is 4.79 Å². The molecule has 0 unspecified atom stereocenters. The van der Waals surface area contributed by atoms with Crippen LogP contribution in [0.1, 0.15) is 20.8 Å². The van der Waals surface area contributed by atoms with Gasteiger partial charge in [-0.05, 0) is 5.41 Å². The molecule has 0 bridgehead atoms. The van der Waals surface area contributed by atoms with E-state index < -0.39 is 16.8 Å². The Morgan fingerprint density at radius 2 is 1.83 bits per heavy atom. The van der Waals surface area contributed by atoms with Gasteiger partial charge in [0.2, 0.25) is 5.91 Å². The highest BCUT2D eigenvalue weighted by Gasteiger charge is 2.29. The van der Waals surface area contributed by atoms with E-state index in [1.165, 1.54) is 0 Å². The summed E-state index contributed by atoms with van der Waals surface area (Å²) in [6, 6.07) is -0.825. The van der Waals surface area contributed by atoms with Gasteiger partial charge in [0.1, 0.15) is 0 Å². The van der Waals surface area contributed by atoms with E-state index in [4.69, 9.17) is 5.73 Å². The van der Waals surface area contributed by atoms with Gasteiger partial charge in [0.05, 0.1) is 4.83 Å². The number of alkyl halides is 1. The number of amides is 3. The van der Waals surface area contributed by atoms with Gasteiger partial charge in [0.15, 0.2) is 0 Å². The molecule has 0 aliphatic rings. The smallest absolute Gasteiger partial charge is 0.318 e. The van der Waals surface area contributed by atoms with Crippen LogP contribution in [0, 0.1) is 5.41 Å². The normalized spacial score (nSPS) is 13.7. The van der Waals surface area contributed by atoms with Crippen molar-refractivity contribution in [1.29, 1.82) is 0 Å². The molecule has 1 atom stereocenters. The number of carbonyl (C=O) groups is 2. The van der Waals surface area contributed by atoms with Gasteiger partial charge in [-0.2, -0.15) is 0 Å². The van der Waals surface area contributed by atoms with Crippen LogP contribution in [-0.4, -0.2) is 16.8 Å².